The predicted molar refractivity (Wildman–Crippen MR) is 125 cm³/mol. The second-order valence-corrected chi connectivity index (χ2v) is 12.6. The number of hydrogen-bond acceptors (Lipinski definition) is 4. The molecule has 0 aromatic carbocycles. The van der Waals surface area contributed by atoms with Gasteiger partial charge in [0.05, 0.1) is 0 Å². The molecule has 2 nitrogen and oxygen atoms in total. The van der Waals surface area contributed by atoms with Crippen LogP contribution >= 0.6 is 21.6 Å². The average Bonchev–Trinajstić information content (AvgIpc) is 2.47. The van der Waals surface area contributed by atoms with E-state index >= 15 is 0 Å². The quantitative estimate of drug-likeness (QED) is 0.165. The second-order valence-electron chi connectivity index (χ2n) is 9.89. The van der Waals surface area contributed by atoms with E-state index in [4.69, 9.17) is 10.8 Å². The fourth-order valence-electron chi connectivity index (χ4n) is 2.72. The third-order valence-corrected chi connectivity index (χ3v) is 6.88. The molecule has 0 rings (SSSR count). The maximum atomic E-state index is 8.04. The van der Waals surface area contributed by atoms with Crippen LogP contribution in [0.1, 0.15) is 106 Å². The Labute approximate surface area is 171 Å². The van der Waals surface area contributed by atoms with Gasteiger partial charge in [0, 0.05) is 22.9 Å². The van der Waals surface area contributed by atoms with Crippen LogP contribution in [0.2, 0.25) is 0 Å². The van der Waals surface area contributed by atoms with Gasteiger partial charge in [0.25, 0.3) is 0 Å². The lowest BCUT2D eigenvalue weighted by Gasteiger charge is -2.17. The molecular weight excluding hydrogens is 356 g/mol. The van der Waals surface area contributed by atoms with Gasteiger partial charge in [-0.2, -0.15) is 0 Å². The molecule has 0 bridgehead atoms. The number of nitrogens with one attached hydrogen (secondary N) is 2. The Hall–Kier alpha value is 0.0400. The van der Waals surface area contributed by atoms with E-state index in [0.29, 0.717) is 10.8 Å². The summed E-state index contributed by atoms with van der Waals surface area (Å²) >= 11 is 0. The second kappa shape index (κ2) is 14.1. The minimum absolute atomic E-state index is 0.399. The van der Waals surface area contributed by atoms with Crippen molar-refractivity contribution in [3.63, 3.8) is 0 Å². The molecule has 0 aliphatic carbocycles. The van der Waals surface area contributed by atoms with Crippen LogP contribution < -0.4 is 0 Å². The topological polar surface area (TPSA) is 47.7 Å². The summed E-state index contributed by atoms with van der Waals surface area (Å²) in [5.74, 6) is 2.30. The first-order valence-corrected chi connectivity index (χ1v) is 12.9. The smallest absolute Gasteiger partial charge is 0.00894 e. The fraction of sp³-hybridized carbons (Fsp3) is 0.909. The summed E-state index contributed by atoms with van der Waals surface area (Å²) in [5, 5.41) is 16.1. The normalized spacial score (nSPS) is 12.4. The molecule has 0 aromatic rings. The van der Waals surface area contributed by atoms with Crippen LogP contribution in [0.4, 0.5) is 0 Å². The molecule has 0 amide bonds. The van der Waals surface area contributed by atoms with E-state index < -0.39 is 0 Å². The first kappa shape index (κ1) is 26.0. The van der Waals surface area contributed by atoms with Crippen LogP contribution in [0.25, 0.3) is 0 Å². The Balaban J connectivity index is 3.40. The van der Waals surface area contributed by atoms with E-state index in [-0.39, 0.29) is 0 Å². The molecule has 0 saturated heterocycles. The van der Waals surface area contributed by atoms with Gasteiger partial charge in [-0.05, 0) is 75.0 Å². The highest BCUT2D eigenvalue weighted by Gasteiger charge is 2.10. The molecule has 0 aliphatic rings. The maximum absolute atomic E-state index is 8.04. The van der Waals surface area contributed by atoms with Crippen LogP contribution in [-0.4, -0.2) is 22.9 Å². The maximum Gasteiger partial charge on any atom is 0.00894 e. The number of rotatable bonds is 15. The summed E-state index contributed by atoms with van der Waals surface area (Å²) in [4.78, 5) is 0. The van der Waals surface area contributed by atoms with Crippen LogP contribution in [0.5, 0.6) is 0 Å². The van der Waals surface area contributed by atoms with Crippen LogP contribution in [0.3, 0.4) is 0 Å². The van der Waals surface area contributed by atoms with Crippen molar-refractivity contribution in [2.24, 2.45) is 10.8 Å². The van der Waals surface area contributed by atoms with Gasteiger partial charge >= 0.3 is 0 Å². The Bertz CT molecular complexity index is 354. The van der Waals surface area contributed by atoms with Crippen molar-refractivity contribution in [2.45, 2.75) is 106 Å². The Morgan fingerprint density at radius 3 is 1.19 bits per heavy atom. The average molecular weight is 401 g/mol. The molecule has 2 N–H and O–H groups in total. The zero-order chi connectivity index (χ0) is 20.1. The van der Waals surface area contributed by atoms with E-state index in [9.17, 15) is 0 Å². The van der Waals surface area contributed by atoms with E-state index in [0.717, 1.165) is 74.3 Å². The van der Waals surface area contributed by atoms with E-state index in [2.05, 4.69) is 41.5 Å². The van der Waals surface area contributed by atoms with Crippen molar-refractivity contribution in [1.29, 1.82) is 10.8 Å². The Kier molecular flexibility index (Phi) is 14.1. The van der Waals surface area contributed by atoms with Crippen molar-refractivity contribution in [3.8, 4) is 0 Å². The summed E-state index contributed by atoms with van der Waals surface area (Å²) in [5.41, 5.74) is 2.66. The summed E-state index contributed by atoms with van der Waals surface area (Å²) in [6.45, 7) is 13.7. The molecule has 0 radical (unpaired) electrons. The molecule has 0 fully saturated rings. The van der Waals surface area contributed by atoms with E-state index in [1.54, 1.807) is 0 Å². The minimum atomic E-state index is 0.399. The molecule has 0 unspecified atom stereocenters. The van der Waals surface area contributed by atoms with Crippen molar-refractivity contribution in [1.82, 2.24) is 0 Å². The molecule has 0 aromatic heterocycles. The zero-order valence-corrected chi connectivity index (χ0v) is 19.9. The molecule has 154 valence electrons. The summed E-state index contributed by atoms with van der Waals surface area (Å²) < 4.78 is 0. The van der Waals surface area contributed by atoms with Crippen molar-refractivity contribution in [2.75, 3.05) is 11.5 Å². The van der Waals surface area contributed by atoms with Gasteiger partial charge < -0.3 is 10.8 Å². The lowest BCUT2D eigenvalue weighted by molar-refractivity contribution is 0.368. The molecule has 4 heteroatoms. The van der Waals surface area contributed by atoms with Crippen LogP contribution in [0, 0.1) is 21.6 Å². The van der Waals surface area contributed by atoms with Gasteiger partial charge in [-0.15, -0.1) is 0 Å². The third kappa shape index (κ3) is 20.4. The number of hydrogen-bond donors (Lipinski definition) is 2. The molecule has 0 saturated carbocycles. The van der Waals surface area contributed by atoms with Gasteiger partial charge in [0.2, 0.25) is 0 Å². The van der Waals surface area contributed by atoms with Gasteiger partial charge in [0.15, 0.2) is 0 Å². The monoisotopic (exact) mass is 400 g/mol. The third-order valence-electron chi connectivity index (χ3n) is 4.31. The Morgan fingerprint density at radius 1 is 0.577 bits per heavy atom. The molecule has 0 aliphatic heterocycles. The largest absolute Gasteiger partial charge is 0.310 e. The van der Waals surface area contributed by atoms with Gasteiger partial charge in [-0.25, -0.2) is 0 Å². The highest BCUT2D eigenvalue weighted by Crippen LogP contribution is 2.26. The molecule has 26 heavy (non-hydrogen) atoms. The molecular formula is C22H44N2S2. The van der Waals surface area contributed by atoms with Crippen LogP contribution in [0.15, 0.2) is 0 Å². The van der Waals surface area contributed by atoms with Gasteiger partial charge in [-0.1, -0.05) is 63.1 Å². The zero-order valence-electron chi connectivity index (χ0n) is 18.3. The summed E-state index contributed by atoms with van der Waals surface area (Å²) in [7, 11) is 3.89. The minimum Gasteiger partial charge on any atom is -0.310 e. The fourth-order valence-corrected chi connectivity index (χ4v) is 4.90. The van der Waals surface area contributed by atoms with Gasteiger partial charge in [-0.3, -0.25) is 0 Å². The molecule has 0 spiro atoms. The van der Waals surface area contributed by atoms with E-state index in [1.807, 2.05) is 21.6 Å². The summed E-state index contributed by atoms with van der Waals surface area (Å²) in [6.07, 6.45) is 10.9. The van der Waals surface area contributed by atoms with Crippen molar-refractivity contribution >= 4 is 33.0 Å². The molecule has 0 heterocycles. The lowest BCUT2D eigenvalue weighted by Crippen LogP contribution is -2.06. The standard InChI is InChI=1S/C22H44N2S2/c1-21(2,3)15-7-11-19(23)13-9-17-25-26-18-10-14-20(24)12-8-16-22(4,5)6/h23-24H,7-18H2,1-6H3. The van der Waals surface area contributed by atoms with Crippen molar-refractivity contribution < 1.29 is 0 Å². The lowest BCUT2D eigenvalue weighted by atomic mass is 9.89. The summed E-state index contributed by atoms with van der Waals surface area (Å²) in [6, 6.07) is 0. The highest BCUT2D eigenvalue weighted by atomic mass is 33.1. The highest BCUT2D eigenvalue weighted by molar-refractivity contribution is 8.76. The molecule has 0 atom stereocenters. The Morgan fingerprint density at radius 2 is 0.885 bits per heavy atom. The first-order valence-electron chi connectivity index (χ1n) is 10.4. The van der Waals surface area contributed by atoms with Gasteiger partial charge in [0.1, 0.15) is 0 Å². The first-order chi connectivity index (χ1) is 12.0. The predicted octanol–water partition coefficient (Wildman–Crippen LogP) is 8.40. The SMILES string of the molecule is CC(C)(C)CCCC(=N)CCCSSCCCC(=N)CCCC(C)(C)C. The van der Waals surface area contributed by atoms with Crippen molar-refractivity contribution in [3.05, 3.63) is 0 Å². The van der Waals surface area contributed by atoms with Crippen LogP contribution in [-0.2, 0) is 0 Å². The van der Waals surface area contributed by atoms with E-state index in [1.165, 1.54) is 12.8 Å².